The molecular weight excluding hydrogens is 246 g/mol. The molecule has 0 saturated carbocycles. The van der Waals surface area contributed by atoms with Gasteiger partial charge in [-0.05, 0) is 12.7 Å². The predicted octanol–water partition coefficient (Wildman–Crippen LogP) is 2.64. The Kier molecular flexibility index (Phi) is 3.87. The van der Waals surface area contributed by atoms with E-state index in [1.165, 1.54) is 11.8 Å². The highest BCUT2D eigenvalue weighted by molar-refractivity contribution is 8.03. The van der Waals surface area contributed by atoms with E-state index in [1.54, 1.807) is 24.3 Å². The number of carbonyl (C=O) groups excluding carboxylic acids is 2. The fraction of sp³-hybridized carbons (Fsp3) is 0.286. The van der Waals surface area contributed by atoms with Gasteiger partial charge in [0, 0.05) is 17.7 Å². The molecule has 0 bridgehead atoms. The first kappa shape index (κ1) is 12.9. The predicted molar refractivity (Wildman–Crippen MR) is 73.9 cm³/mol. The van der Waals surface area contributed by atoms with Crippen molar-refractivity contribution in [1.29, 1.82) is 0 Å². The molecule has 0 aliphatic heterocycles. The number of rotatable bonds is 4. The molecule has 0 aromatic heterocycles. The van der Waals surface area contributed by atoms with E-state index in [0.29, 0.717) is 28.3 Å². The average Bonchev–Trinajstić information content (AvgIpc) is 2.41. The zero-order chi connectivity index (χ0) is 13.1. The second-order valence-corrected chi connectivity index (χ2v) is 4.86. The van der Waals surface area contributed by atoms with Crippen LogP contribution in [0.3, 0.4) is 0 Å². The van der Waals surface area contributed by atoms with E-state index in [9.17, 15) is 9.59 Å². The maximum Gasteiger partial charge on any atom is 0.210 e. The highest BCUT2D eigenvalue weighted by atomic mass is 32.2. The molecule has 4 heteroatoms. The van der Waals surface area contributed by atoms with Crippen molar-refractivity contribution in [2.75, 3.05) is 12.8 Å². The van der Waals surface area contributed by atoms with Crippen LogP contribution in [-0.2, 0) is 0 Å². The van der Waals surface area contributed by atoms with E-state index in [0.717, 1.165) is 6.42 Å². The van der Waals surface area contributed by atoms with Crippen LogP contribution in [0.25, 0.3) is 0 Å². The van der Waals surface area contributed by atoms with Crippen molar-refractivity contribution >= 4 is 23.3 Å². The van der Waals surface area contributed by atoms with Gasteiger partial charge in [0.1, 0.15) is 5.70 Å². The Morgan fingerprint density at radius 1 is 1.11 bits per heavy atom. The van der Waals surface area contributed by atoms with Crippen LogP contribution in [-0.4, -0.2) is 24.4 Å². The summed E-state index contributed by atoms with van der Waals surface area (Å²) in [5, 5.41) is 3.08. The van der Waals surface area contributed by atoms with Gasteiger partial charge in [-0.2, -0.15) is 0 Å². The fourth-order valence-corrected chi connectivity index (χ4v) is 2.62. The zero-order valence-corrected chi connectivity index (χ0v) is 11.3. The Balaban J connectivity index is 2.50. The van der Waals surface area contributed by atoms with Gasteiger partial charge in [0.15, 0.2) is 0 Å². The lowest BCUT2D eigenvalue weighted by atomic mass is 9.92. The lowest BCUT2D eigenvalue weighted by Crippen LogP contribution is -2.30. The third-order valence-electron chi connectivity index (χ3n) is 2.83. The van der Waals surface area contributed by atoms with E-state index in [1.807, 2.05) is 13.2 Å². The van der Waals surface area contributed by atoms with Crippen molar-refractivity contribution in [2.45, 2.75) is 13.3 Å². The minimum atomic E-state index is -0.0806. The largest absolute Gasteiger partial charge is 0.381 e. The monoisotopic (exact) mass is 261 g/mol. The summed E-state index contributed by atoms with van der Waals surface area (Å²) in [6.07, 6.45) is 2.73. The fourth-order valence-electron chi connectivity index (χ4n) is 1.96. The van der Waals surface area contributed by atoms with Crippen molar-refractivity contribution in [3.05, 3.63) is 46.0 Å². The van der Waals surface area contributed by atoms with Crippen LogP contribution in [0.2, 0.25) is 0 Å². The van der Waals surface area contributed by atoms with Gasteiger partial charge in [-0.1, -0.05) is 31.2 Å². The van der Waals surface area contributed by atoms with Gasteiger partial charge in [-0.3, -0.25) is 9.59 Å². The molecule has 0 radical (unpaired) electrons. The summed E-state index contributed by atoms with van der Waals surface area (Å²) >= 11 is 1.33. The lowest BCUT2D eigenvalue weighted by molar-refractivity contribution is 0.0975. The zero-order valence-electron chi connectivity index (χ0n) is 10.4. The Morgan fingerprint density at radius 2 is 1.72 bits per heavy atom. The second kappa shape index (κ2) is 5.40. The molecule has 0 saturated heterocycles. The summed E-state index contributed by atoms with van der Waals surface area (Å²) in [6.45, 7) is 2.72. The van der Waals surface area contributed by atoms with Gasteiger partial charge >= 0.3 is 0 Å². The van der Waals surface area contributed by atoms with Gasteiger partial charge in [-0.15, -0.1) is 11.8 Å². The normalized spacial score (nSPS) is 14.8. The Morgan fingerprint density at radius 3 is 2.28 bits per heavy atom. The molecule has 0 atom stereocenters. The second-order valence-electron chi connectivity index (χ2n) is 4.04. The molecule has 1 aliphatic carbocycles. The smallest absolute Gasteiger partial charge is 0.210 e. The van der Waals surface area contributed by atoms with Gasteiger partial charge in [-0.25, -0.2) is 0 Å². The topological polar surface area (TPSA) is 46.2 Å². The lowest BCUT2D eigenvalue weighted by Gasteiger charge is -2.20. The van der Waals surface area contributed by atoms with Crippen LogP contribution in [0.4, 0.5) is 0 Å². The summed E-state index contributed by atoms with van der Waals surface area (Å²) in [5.74, 6) is -0.140. The number of thioether (sulfide) groups is 1. The van der Waals surface area contributed by atoms with E-state index < -0.39 is 0 Å². The van der Waals surface area contributed by atoms with Crippen LogP contribution in [0.5, 0.6) is 0 Å². The van der Waals surface area contributed by atoms with Crippen LogP contribution in [0.1, 0.15) is 34.1 Å². The molecule has 3 nitrogen and oxygen atoms in total. The highest BCUT2D eigenvalue weighted by Gasteiger charge is 2.31. The molecule has 1 aliphatic rings. The van der Waals surface area contributed by atoms with Crippen molar-refractivity contribution in [3.8, 4) is 0 Å². The molecule has 18 heavy (non-hydrogen) atoms. The maximum absolute atomic E-state index is 12.4. The quantitative estimate of drug-likeness (QED) is 0.905. The number of ketones is 2. The van der Waals surface area contributed by atoms with Crippen LogP contribution in [0.15, 0.2) is 34.9 Å². The molecule has 1 aromatic rings. The van der Waals surface area contributed by atoms with Gasteiger partial charge in [0.25, 0.3) is 0 Å². The van der Waals surface area contributed by atoms with E-state index >= 15 is 0 Å². The summed E-state index contributed by atoms with van der Waals surface area (Å²) in [5.41, 5.74) is 1.46. The summed E-state index contributed by atoms with van der Waals surface area (Å²) in [6, 6.07) is 6.99. The molecule has 2 rings (SSSR count). The molecule has 94 valence electrons. The van der Waals surface area contributed by atoms with E-state index in [4.69, 9.17) is 0 Å². The van der Waals surface area contributed by atoms with Crippen LogP contribution >= 0.6 is 11.8 Å². The third-order valence-corrected chi connectivity index (χ3v) is 3.63. The minimum absolute atomic E-state index is 0.0590. The average molecular weight is 261 g/mol. The summed E-state index contributed by atoms with van der Waals surface area (Å²) in [4.78, 5) is 25.2. The summed E-state index contributed by atoms with van der Waals surface area (Å²) in [7, 11) is 0. The first-order chi connectivity index (χ1) is 8.70. The number of carbonyl (C=O) groups is 2. The SMILES string of the molecule is CCCNC1=C(SC)C(=O)c2ccccc2C1=O. The van der Waals surface area contributed by atoms with E-state index in [2.05, 4.69) is 5.32 Å². The summed E-state index contributed by atoms with van der Waals surface area (Å²) < 4.78 is 0. The molecule has 0 heterocycles. The van der Waals surface area contributed by atoms with Crippen molar-refractivity contribution in [1.82, 2.24) is 5.32 Å². The number of fused-ring (bicyclic) bond motifs is 1. The van der Waals surface area contributed by atoms with Crippen LogP contribution < -0.4 is 5.32 Å². The molecule has 0 spiro atoms. The Labute approximate surface area is 111 Å². The number of hydrogen-bond acceptors (Lipinski definition) is 4. The number of Topliss-reactive ketones (excluding diaryl/α,β-unsaturated/α-hetero) is 2. The number of benzene rings is 1. The molecular formula is C14H15NO2S. The van der Waals surface area contributed by atoms with Crippen LogP contribution in [0, 0.1) is 0 Å². The van der Waals surface area contributed by atoms with Crippen molar-refractivity contribution < 1.29 is 9.59 Å². The van der Waals surface area contributed by atoms with Crippen molar-refractivity contribution in [2.24, 2.45) is 0 Å². The standard InChI is InChI=1S/C14H15NO2S/c1-3-8-15-11-12(16)9-6-4-5-7-10(9)13(17)14(11)18-2/h4-7,15H,3,8H2,1-2H3. The molecule has 1 aromatic carbocycles. The number of hydrogen-bond donors (Lipinski definition) is 1. The number of allylic oxidation sites excluding steroid dienone is 2. The third kappa shape index (κ3) is 2.08. The molecule has 0 amide bonds. The van der Waals surface area contributed by atoms with Gasteiger partial charge in [0.2, 0.25) is 11.6 Å². The first-order valence-corrected chi connectivity index (χ1v) is 7.13. The highest BCUT2D eigenvalue weighted by Crippen LogP contribution is 2.30. The number of nitrogens with one attached hydrogen (secondary N) is 1. The van der Waals surface area contributed by atoms with E-state index in [-0.39, 0.29) is 11.6 Å². The molecule has 0 unspecified atom stereocenters. The van der Waals surface area contributed by atoms with Crippen molar-refractivity contribution in [3.63, 3.8) is 0 Å². The van der Waals surface area contributed by atoms with Gasteiger partial charge < -0.3 is 5.32 Å². The Bertz CT molecular complexity index is 534. The minimum Gasteiger partial charge on any atom is -0.381 e. The maximum atomic E-state index is 12.4. The first-order valence-electron chi connectivity index (χ1n) is 5.91. The molecule has 1 N–H and O–H groups in total. The molecule has 0 fully saturated rings. The Hall–Kier alpha value is -1.55. The van der Waals surface area contributed by atoms with Gasteiger partial charge in [0.05, 0.1) is 4.91 Å².